The summed E-state index contributed by atoms with van der Waals surface area (Å²) in [5, 5.41) is 8.66. The topological polar surface area (TPSA) is 49.3 Å². The van der Waals surface area contributed by atoms with Crippen molar-refractivity contribution in [3.05, 3.63) is 53.7 Å². The summed E-state index contributed by atoms with van der Waals surface area (Å²) in [7, 11) is 1.91. The normalized spacial score (nSPS) is 18.6. The van der Waals surface area contributed by atoms with Crippen LogP contribution in [0.2, 0.25) is 0 Å². The minimum Gasteiger partial charge on any atom is -0.355 e. The Balaban J connectivity index is 1.31. The lowest BCUT2D eigenvalue weighted by Crippen LogP contribution is -2.39. The molecule has 2 heterocycles. The zero-order chi connectivity index (χ0) is 20.1. The second kappa shape index (κ2) is 9.38. The minimum atomic E-state index is -0.00230. The van der Waals surface area contributed by atoms with E-state index in [2.05, 4.69) is 45.4 Å². The molecule has 1 aromatic heterocycles. The average Bonchev–Trinajstić information content (AvgIpc) is 2.80. The van der Waals surface area contributed by atoms with Crippen LogP contribution in [0.3, 0.4) is 0 Å². The first-order valence-corrected chi connectivity index (χ1v) is 11.1. The van der Waals surface area contributed by atoms with Gasteiger partial charge in [0.2, 0.25) is 0 Å². The Bertz CT molecular complexity index is 778. The van der Waals surface area contributed by atoms with E-state index in [0.29, 0.717) is 11.7 Å². The number of rotatable bonds is 5. The maximum absolute atomic E-state index is 12.8. The first kappa shape index (κ1) is 19.9. The van der Waals surface area contributed by atoms with Crippen molar-refractivity contribution in [2.24, 2.45) is 5.92 Å². The predicted octanol–water partition coefficient (Wildman–Crippen LogP) is 4.34. The van der Waals surface area contributed by atoms with Crippen molar-refractivity contribution in [2.45, 2.75) is 57.4 Å². The number of hydrogen-bond donors (Lipinski definition) is 0. The van der Waals surface area contributed by atoms with Crippen LogP contribution in [0.5, 0.6) is 0 Å². The monoisotopic (exact) mass is 392 g/mol. The molecule has 0 atom stereocenters. The molecule has 4 rings (SSSR count). The third-order valence-corrected chi connectivity index (χ3v) is 6.62. The smallest absolute Gasteiger partial charge is 0.274 e. The first-order valence-electron chi connectivity index (χ1n) is 11.1. The van der Waals surface area contributed by atoms with Gasteiger partial charge in [0, 0.05) is 26.2 Å². The molecular formula is C24H32N4O. The maximum atomic E-state index is 12.8. The molecular weight excluding hydrogens is 360 g/mol. The summed E-state index contributed by atoms with van der Waals surface area (Å²) in [5.74, 6) is 1.61. The predicted molar refractivity (Wildman–Crippen MR) is 116 cm³/mol. The van der Waals surface area contributed by atoms with Gasteiger partial charge in [0.25, 0.3) is 5.91 Å². The van der Waals surface area contributed by atoms with E-state index < -0.39 is 0 Å². The summed E-state index contributed by atoms with van der Waals surface area (Å²) in [6, 6.07) is 14.9. The fourth-order valence-corrected chi connectivity index (χ4v) is 4.74. The highest BCUT2D eigenvalue weighted by Gasteiger charge is 2.25. The third-order valence-electron chi connectivity index (χ3n) is 6.62. The molecule has 2 aliphatic rings. The molecule has 1 aromatic carbocycles. The lowest BCUT2D eigenvalue weighted by molar-refractivity contribution is 0.0689. The van der Waals surface area contributed by atoms with Gasteiger partial charge in [-0.1, -0.05) is 49.6 Å². The number of benzene rings is 1. The van der Waals surface area contributed by atoms with Crippen molar-refractivity contribution < 1.29 is 4.79 Å². The van der Waals surface area contributed by atoms with Gasteiger partial charge in [-0.2, -0.15) is 0 Å². The quantitative estimate of drug-likeness (QED) is 0.759. The molecule has 1 amide bonds. The van der Waals surface area contributed by atoms with E-state index in [4.69, 9.17) is 0 Å². The molecule has 0 radical (unpaired) electrons. The van der Waals surface area contributed by atoms with Gasteiger partial charge >= 0.3 is 0 Å². The Morgan fingerprint density at radius 2 is 1.69 bits per heavy atom. The van der Waals surface area contributed by atoms with Gasteiger partial charge in [-0.25, -0.2) is 0 Å². The highest BCUT2D eigenvalue weighted by atomic mass is 16.2. The van der Waals surface area contributed by atoms with Crippen LogP contribution in [0.4, 0.5) is 5.82 Å². The molecule has 1 saturated heterocycles. The summed E-state index contributed by atoms with van der Waals surface area (Å²) in [5.41, 5.74) is 1.89. The van der Waals surface area contributed by atoms with Crippen molar-refractivity contribution in [1.82, 2.24) is 15.1 Å². The first-order chi connectivity index (χ1) is 14.2. The van der Waals surface area contributed by atoms with Crippen LogP contribution in [-0.4, -0.2) is 47.2 Å². The Morgan fingerprint density at radius 1 is 0.966 bits per heavy atom. The van der Waals surface area contributed by atoms with Crippen LogP contribution >= 0.6 is 0 Å². The fraction of sp³-hybridized carbons (Fsp3) is 0.542. The molecule has 5 heteroatoms. The lowest BCUT2D eigenvalue weighted by Gasteiger charge is -2.33. The number of piperidine rings is 1. The van der Waals surface area contributed by atoms with Crippen LogP contribution in [0.1, 0.15) is 61.0 Å². The Kier molecular flexibility index (Phi) is 6.43. The number of amides is 1. The van der Waals surface area contributed by atoms with Crippen LogP contribution in [0.25, 0.3) is 0 Å². The molecule has 1 saturated carbocycles. The van der Waals surface area contributed by atoms with Gasteiger partial charge in [0.1, 0.15) is 0 Å². The SMILES string of the molecule is CN(C(=O)c1ccc(N2CCC(Cc3ccccc3)CC2)nn1)C1CCCCC1. The van der Waals surface area contributed by atoms with Crippen molar-refractivity contribution in [3.8, 4) is 0 Å². The number of hydrogen-bond acceptors (Lipinski definition) is 4. The average molecular weight is 393 g/mol. The standard InChI is InChI=1S/C24H32N4O/c1-27(21-10-6-3-7-11-21)24(29)22-12-13-23(26-25-22)28-16-14-20(15-17-28)18-19-8-4-2-5-9-19/h2,4-5,8-9,12-13,20-21H,3,6-7,10-11,14-18H2,1H3. The number of carbonyl (C=O) groups excluding carboxylic acids is 1. The molecule has 0 bridgehead atoms. The summed E-state index contributed by atoms with van der Waals surface area (Å²) >= 11 is 0. The van der Waals surface area contributed by atoms with E-state index in [1.165, 1.54) is 37.7 Å². The lowest BCUT2D eigenvalue weighted by atomic mass is 9.90. The molecule has 1 aliphatic carbocycles. The van der Waals surface area contributed by atoms with Gasteiger partial charge in [-0.15, -0.1) is 10.2 Å². The molecule has 1 aliphatic heterocycles. The number of nitrogens with zero attached hydrogens (tertiary/aromatic N) is 4. The van der Waals surface area contributed by atoms with Crippen molar-refractivity contribution in [1.29, 1.82) is 0 Å². The zero-order valence-corrected chi connectivity index (χ0v) is 17.5. The van der Waals surface area contributed by atoms with Crippen LogP contribution in [0.15, 0.2) is 42.5 Å². The molecule has 2 aromatic rings. The van der Waals surface area contributed by atoms with Crippen LogP contribution in [0, 0.1) is 5.92 Å². The van der Waals surface area contributed by atoms with Gasteiger partial charge in [0.05, 0.1) is 0 Å². The number of carbonyl (C=O) groups is 1. The molecule has 2 fully saturated rings. The molecule has 0 unspecified atom stereocenters. The highest BCUT2D eigenvalue weighted by Crippen LogP contribution is 2.25. The Morgan fingerprint density at radius 3 is 2.34 bits per heavy atom. The van der Waals surface area contributed by atoms with Crippen LogP contribution < -0.4 is 4.90 Å². The number of anilines is 1. The molecule has 0 N–H and O–H groups in total. The summed E-state index contributed by atoms with van der Waals surface area (Å²) in [6.07, 6.45) is 9.41. The van der Waals surface area contributed by atoms with Crippen molar-refractivity contribution >= 4 is 11.7 Å². The van der Waals surface area contributed by atoms with Crippen molar-refractivity contribution in [2.75, 3.05) is 25.0 Å². The molecule has 5 nitrogen and oxygen atoms in total. The van der Waals surface area contributed by atoms with E-state index in [0.717, 1.165) is 44.1 Å². The van der Waals surface area contributed by atoms with E-state index >= 15 is 0 Å². The van der Waals surface area contributed by atoms with E-state index in [-0.39, 0.29) is 5.91 Å². The number of aromatic nitrogens is 2. The highest BCUT2D eigenvalue weighted by molar-refractivity contribution is 5.92. The van der Waals surface area contributed by atoms with Gasteiger partial charge in [-0.3, -0.25) is 4.79 Å². The fourth-order valence-electron chi connectivity index (χ4n) is 4.74. The second-order valence-corrected chi connectivity index (χ2v) is 8.60. The van der Waals surface area contributed by atoms with Crippen LogP contribution in [-0.2, 0) is 6.42 Å². The molecule has 154 valence electrons. The zero-order valence-electron chi connectivity index (χ0n) is 17.5. The summed E-state index contributed by atoms with van der Waals surface area (Å²) in [4.78, 5) is 16.9. The Hall–Kier alpha value is -2.43. The largest absolute Gasteiger partial charge is 0.355 e. The van der Waals surface area contributed by atoms with E-state index in [1.807, 2.05) is 24.1 Å². The molecule has 29 heavy (non-hydrogen) atoms. The van der Waals surface area contributed by atoms with Gasteiger partial charge < -0.3 is 9.80 Å². The second-order valence-electron chi connectivity index (χ2n) is 8.60. The van der Waals surface area contributed by atoms with Crippen molar-refractivity contribution in [3.63, 3.8) is 0 Å². The summed E-state index contributed by atoms with van der Waals surface area (Å²) < 4.78 is 0. The van der Waals surface area contributed by atoms with Gasteiger partial charge in [0.15, 0.2) is 11.5 Å². The van der Waals surface area contributed by atoms with Gasteiger partial charge in [-0.05, 0) is 55.7 Å². The third kappa shape index (κ3) is 4.95. The van der Waals surface area contributed by atoms with E-state index in [1.54, 1.807) is 0 Å². The van der Waals surface area contributed by atoms with E-state index in [9.17, 15) is 4.79 Å². The molecule has 0 spiro atoms. The minimum absolute atomic E-state index is 0.00230. The Labute approximate surface area is 174 Å². The summed E-state index contributed by atoms with van der Waals surface area (Å²) in [6.45, 7) is 2.00. The maximum Gasteiger partial charge on any atom is 0.274 e.